The Bertz CT molecular complexity index is 650. The number of benzene rings is 1. The number of rotatable bonds is 2. The van der Waals surface area contributed by atoms with Crippen molar-refractivity contribution >= 4 is 22.4 Å². The largest absolute Gasteiger partial charge is 0.373 e. The van der Waals surface area contributed by atoms with Crippen molar-refractivity contribution in [2.24, 2.45) is 0 Å². The van der Waals surface area contributed by atoms with Crippen molar-refractivity contribution in [2.75, 3.05) is 12.4 Å². The second-order valence-electron chi connectivity index (χ2n) is 4.39. The van der Waals surface area contributed by atoms with Gasteiger partial charge in [-0.25, -0.2) is 4.98 Å². The number of aryl methyl sites for hydroxylation is 3. The van der Waals surface area contributed by atoms with Gasteiger partial charge in [0, 0.05) is 24.1 Å². The maximum atomic E-state index is 11.0. The van der Waals surface area contributed by atoms with Gasteiger partial charge in [-0.2, -0.15) is 0 Å². The lowest BCUT2D eigenvalue weighted by Gasteiger charge is -2.10. The Morgan fingerprint density at radius 3 is 2.44 bits per heavy atom. The zero-order valence-corrected chi connectivity index (χ0v) is 10.9. The fourth-order valence-corrected chi connectivity index (χ4v) is 2.16. The molecule has 0 aliphatic rings. The molecule has 0 aliphatic carbocycles. The molecule has 1 heterocycles. The van der Waals surface area contributed by atoms with Crippen LogP contribution in [0.5, 0.6) is 0 Å². The second kappa shape index (κ2) is 4.25. The summed E-state index contributed by atoms with van der Waals surface area (Å²) in [5.74, 6) is 0.804. The smallest absolute Gasteiger partial charge is 0.273 e. The van der Waals surface area contributed by atoms with E-state index >= 15 is 0 Å². The van der Waals surface area contributed by atoms with Crippen molar-refractivity contribution in [3.05, 3.63) is 38.9 Å². The van der Waals surface area contributed by atoms with Crippen molar-refractivity contribution in [3.8, 4) is 0 Å². The highest BCUT2D eigenvalue weighted by molar-refractivity contribution is 5.90. The molecule has 18 heavy (non-hydrogen) atoms. The quantitative estimate of drug-likeness (QED) is 0.652. The molecule has 0 unspecified atom stereocenters. The number of nitro groups is 1. The molecular weight excluding hydrogens is 230 g/mol. The first kappa shape index (κ1) is 12.3. The van der Waals surface area contributed by atoms with Crippen LogP contribution in [0.15, 0.2) is 12.1 Å². The molecule has 2 aromatic rings. The molecule has 1 aromatic heterocycles. The third kappa shape index (κ3) is 1.77. The monoisotopic (exact) mass is 245 g/mol. The molecule has 1 aromatic carbocycles. The summed E-state index contributed by atoms with van der Waals surface area (Å²) in [6, 6.07) is 3.53. The van der Waals surface area contributed by atoms with Crippen LogP contribution in [0.2, 0.25) is 0 Å². The van der Waals surface area contributed by atoms with E-state index in [1.807, 2.05) is 27.0 Å². The summed E-state index contributed by atoms with van der Waals surface area (Å²) >= 11 is 0. The van der Waals surface area contributed by atoms with E-state index in [1.54, 1.807) is 13.0 Å². The summed E-state index contributed by atoms with van der Waals surface area (Å²) in [6.45, 7) is 5.54. The van der Waals surface area contributed by atoms with Crippen LogP contribution >= 0.6 is 0 Å². The van der Waals surface area contributed by atoms with Crippen molar-refractivity contribution in [3.63, 3.8) is 0 Å². The average Bonchev–Trinajstić information content (AvgIpc) is 2.32. The number of fused-ring (bicyclic) bond motifs is 1. The van der Waals surface area contributed by atoms with Gasteiger partial charge in [0.1, 0.15) is 5.82 Å². The Hall–Kier alpha value is -2.17. The van der Waals surface area contributed by atoms with Crippen LogP contribution < -0.4 is 5.32 Å². The highest BCUT2D eigenvalue weighted by Gasteiger charge is 2.17. The highest BCUT2D eigenvalue weighted by atomic mass is 16.6. The summed E-state index contributed by atoms with van der Waals surface area (Å²) in [7, 11) is 1.81. The van der Waals surface area contributed by atoms with Gasteiger partial charge >= 0.3 is 0 Å². The number of nitro benzene ring substituents is 1. The first-order valence-corrected chi connectivity index (χ1v) is 5.69. The third-order valence-corrected chi connectivity index (χ3v) is 3.16. The predicted octanol–water partition coefficient (Wildman–Crippen LogP) is 3.11. The Morgan fingerprint density at radius 2 is 1.89 bits per heavy atom. The number of anilines is 1. The van der Waals surface area contributed by atoms with Crippen LogP contribution in [-0.4, -0.2) is 17.0 Å². The molecule has 0 radical (unpaired) electrons. The molecule has 0 spiro atoms. The standard InChI is InChI=1S/C13H15N3O2/c1-7-6-11(16(17)18)9(3)10-5-8(2)13(14-4)15-12(7)10/h5-6H,1-4H3,(H,14,15). The normalized spacial score (nSPS) is 10.7. The minimum Gasteiger partial charge on any atom is -0.373 e. The molecule has 0 fully saturated rings. The van der Waals surface area contributed by atoms with Crippen molar-refractivity contribution in [1.29, 1.82) is 0 Å². The van der Waals surface area contributed by atoms with Crippen molar-refractivity contribution in [2.45, 2.75) is 20.8 Å². The molecule has 1 N–H and O–H groups in total. The Balaban J connectivity index is 2.89. The zero-order chi connectivity index (χ0) is 13.4. The number of hydrogen-bond donors (Lipinski definition) is 1. The van der Waals surface area contributed by atoms with Gasteiger partial charge in [0.25, 0.3) is 5.69 Å². The molecule has 0 amide bonds. The SMILES string of the molecule is CNc1nc2c(C)cc([N+](=O)[O-])c(C)c2cc1C. The lowest BCUT2D eigenvalue weighted by Crippen LogP contribution is -2.00. The van der Waals surface area contributed by atoms with Gasteiger partial charge in [-0.3, -0.25) is 10.1 Å². The van der Waals surface area contributed by atoms with E-state index in [0.717, 1.165) is 27.8 Å². The lowest BCUT2D eigenvalue weighted by atomic mass is 10.0. The van der Waals surface area contributed by atoms with Gasteiger partial charge in [-0.15, -0.1) is 0 Å². The van der Waals surface area contributed by atoms with E-state index in [4.69, 9.17) is 0 Å². The summed E-state index contributed by atoms with van der Waals surface area (Å²) in [5, 5.41) is 14.9. The minimum absolute atomic E-state index is 0.151. The van der Waals surface area contributed by atoms with E-state index in [0.29, 0.717) is 5.56 Å². The van der Waals surface area contributed by atoms with Crippen LogP contribution in [0.3, 0.4) is 0 Å². The topological polar surface area (TPSA) is 68.1 Å². The Labute approximate surface area is 105 Å². The van der Waals surface area contributed by atoms with Gasteiger partial charge < -0.3 is 5.32 Å². The van der Waals surface area contributed by atoms with Gasteiger partial charge in [0.15, 0.2) is 0 Å². The molecule has 5 nitrogen and oxygen atoms in total. The molecule has 0 aliphatic heterocycles. The van der Waals surface area contributed by atoms with E-state index in [9.17, 15) is 10.1 Å². The molecule has 0 saturated carbocycles. The van der Waals surface area contributed by atoms with Crippen LogP contribution in [0.25, 0.3) is 10.9 Å². The lowest BCUT2D eigenvalue weighted by molar-refractivity contribution is -0.385. The van der Waals surface area contributed by atoms with Crippen molar-refractivity contribution in [1.82, 2.24) is 4.98 Å². The third-order valence-electron chi connectivity index (χ3n) is 3.16. The van der Waals surface area contributed by atoms with Crippen molar-refractivity contribution < 1.29 is 4.92 Å². The number of nitrogens with zero attached hydrogens (tertiary/aromatic N) is 2. The minimum atomic E-state index is -0.344. The summed E-state index contributed by atoms with van der Waals surface area (Å²) in [6.07, 6.45) is 0. The molecule has 94 valence electrons. The average molecular weight is 245 g/mol. The Kier molecular flexibility index (Phi) is 2.90. The highest BCUT2D eigenvalue weighted by Crippen LogP contribution is 2.31. The maximum absolute atomic E-state index is 11.0. The number of nitrogens with one attached hydrogen (secondary N) is 1. The fourth-order valence-electron chi connectivity index (χ4n) is 2.16. The first-order valence-electron chi connectivity index (χ1n) is 5.69. The van der Waals surface area contributed by atoms with E-state index in [1.165, 1.54) is 0 Å². The van der Waals surface area contributed by atoms with Gasteiger partial charge in [-0.05, 0) is 38.0 Å². The van der Waals surface area contributed by atoms with Crippen LogP contribution in [0.4, 0.5) is 11.5 Å². The predicted molar refractivity (Wildman–Crippen MR) is 72.2 cm³/mol. The second-order valence-corrected chi connectivity index (χ2v) is 4.39. The fraction of sp³-hybridized carbons (Fsp3) is 0.308. The molecule has 0 atom stereocenters. The molecule has 0 bridgehead atoms. The van der Waals surface area contributed by atoms with Crippen LogP contribution in [-0.2, 0) is 0 Å². The molecular formula is C13H15N3O2. The van der Waals surface area contributed by atoms with E-state index in [-0.39, 0.29) is 10.6 Å². The first-order chi connectivity index (χ1) is 8.45. The molecule has 5 heteroatoms. The summed E-state index contributed by atoms with van der Waals surface area (Å²) in [4.78, 5) is 15.2. The number of pyridine rings is 1. The molecule has 2 rings (SSSR count). The summed E-state index contributed by atoms with van der Waals surface area (Å²) < 4.78 is 0. The van der Waals surface area contributed by atoms with Gasteiger partial charge in [-0.1, -0.05) is 0 Å². The zero-order valence-electron chi connectivity index (χ0n) is 10.9. The van der Waals surface area contributed by atoms with Crippen LogP contribution in [0.1, 0.15) is 16.7 Å². The van der Waals surface area contributed by atoms with Crippen LogP contribution in [0, 0.1) is 30.9 Å². The maximum Gasteiger partial charge on any atom is 0.273 e. The molecule has 0 saturated heterocycles. The van der Waals surface area contributed by atoms with Gasteiger partial charge in [0.2, 0.25) is 0 Å². The van der Waals surface area contributed by atoms with E-state index in [2.05, 4.69) is 10.3 Å². The van der Waals surface area contributed by atoms with E-state index < -0.39 is 0 Å². The Morgan fingerprint density at radius 1 is 1.22 bits per heavy atom. The number of hydrogen-bond acceptors (Lipinski definition) is 4. The van der Waals surface area contributed by atoms with Gasteiger partial charge in [0.05, 0.1) is 10.4 Å². The number of aromatic nitrogens is 1. The summed E-state index contributed by atoms with van der Waals surface area (Å²) in [5.41, 5.74) is 3.43.